The first-order valence-corrected chi connectivity index (χ1v) is 24.8. The van der Waals surface area contributed by atoms with Crippen LogP contribution in [0.25, 0.3) is 44.5 Å². The average Bonchev–Trinajstić information content (AvgIpc) is 3.48. The molecule has 74 heavy (non-hydrogen) atoms. The van der Waals surface area contributed by atoms with Crippen LogP contribution in [0.2, 0.25) is 0 Å². The molecule has 0 heterocycles. The highest BCUT2D eigenvalue weighted by molar-refractivity contribution is 6.14. The highest BCUT2D eigenvalue weighted by Crippen LogP contribution is 2.48. The second-order valence-corrected chi connectivity index (χ2v) is 17.8. The van der Waals surface area contributed by atoms with Crippen LogP contribution in [-0.4, -0.2) is 17.9 Å². The summed E-state index contributed by atoms with van der Waals surface area (Å²) < 4.78 is 0. The van der Waals surface area contributed by atoms with E-state index in [9.17, 15) is 5.41 Å². The quantitative estimate of drug-likeness (QED) is 0.0925. The van der Waals surface area contributed by atoms with Gasteiger partial charge in [-0.25, -0.2) is 9.98 Å². The monoisotopic (exact) mass is 949 g/mol. The van der Waals surface area contributed by atoms with Crippen molar-refractivity contribution in [1.82, 2.24) is 0 Å². The van der Waals surface area contributed by atoms with Gasteiger partial charge in [0.1, 0.15) is 0 Å². The van der Waals surface area contributed by atoms with E-state index >= 15 is 0 Å². The van der Waals surface area contributed by atoms with Crippen LogP contribution in [0.4, 0.5) is 34.1 Å². The molecule has 0 spiro atoms. The van der Waals surface area contributed by atoms with E-state index in [0.29, 0.717) is 11.4 Å². The summed E-state index contributed by atoms with van der Waals surface area (Å²) in [6.07, 6.45) is 1.81. The molecule has 0 aliphatic heterocycles. The molecule has 0 amide bonds. The lowest BCUT2D eigenvalue weighted by atomic mass is 9.90. The third-order valence-corrected chi connectivity index (χ3v) is 13.0. The summed E-state index contributed by atoms with van der Waals surface area (Å²) >= 11 is 0. The van der Waals surface area contributed by atoms with Crippen LogP contribution in [-0.2, 0) is 0 Å². The number of amidine groups is 2. The molecule has 0 fully saturated rings. The van der Waals surface area contributed by atoms with Crippen molar-refractivity contribution in [2.24, 2.45) is 9.98 Å². The van der Waals surface area contributed by atoms with Crippen LogP contribution < -0.4 is 9.80 Å². The van der Waals surface area contributed by atoms with E-state index < -0.39 is 0 Å². The van der Waals surface area contributed by atoms with Crippen molar-refractivity contribution < 1.29 is 0 Å². The summed E-state index contributed by atoms with van der Waals surface area (Å²) in [4.78, 5) is 14.6. The molecule has 1 N–H and O–H groups in total. The standard InChI is InChI=1S/C69H51N5/c70-68(72-69(58-28-14-4-15-29-58)71-50-51-22-8-1-9-23-51)59-48-65(56-40-36-54(37-41-56)52-24-10-2-11-25-52)67(66(49-59)57-42-38-55(39-43-57)53-26-12-3-13-27-53)74(62-34-20-7-21-35-62)64-46-44-63(45-47-64)73(60-30-16-5-17-31-60)61-32-18-6-19-33-61/h1-50,70H. The second-order valence-electron chi connectivity index (χ2n) is 17.8. The first kappa shape index (κ1) is 46.4. The van der Waals surface area contributed by atoms with Crippen molar-refractivity contribution in [3.63, 3.8) is 0 Å². The minimum Gasteiger partial charge on any atom is -0.311 e. The van der Waals surface area contributed by atoms with Crippen molar-refractivity contribution in [3.8, 4) is 44.5 Å². The zero-order valence-electron chi connectivity index (χ0n) is 40.7. The third-order valence-electron chi connectivity index (χ3n) is 13.0. The largest absolute Gasteiger partial charge is 0.311 e. The van der Waals surface area contributed by atoms with Gasteiger partial charge in [-0.15, -0.1) is 0 Å². The molecular weight excluding hydrogens is 899 g/mol. The smallest absolute Gasteiger partial charge is 0.161 e. The number of para-hydroxylation sites is 3. The maximum atomic E-state index is 9.94. The molecule has 11 aromatic rings. The predicted molar refractivity (Wildman–Crippen MR) is 311 cm³/mol. The van der Waals surface area contributed by atoms with Crippen molar-refractivity contribution in [2.75, 3.05) is 9.80 Å². The van der Waals surface area contributed by atoms with E-state index in [1.54, 1.807) is 0 Å². The predicted octanol–water partition coefficient (Wildman–Crippen LogP) is 18.2. The van der Waals surface area contributed by atoms with Gasteiger partial charge in [0, 0.05) is 56.9 Å². The van der Waals surface area contributed by atoms with Gasteiger partial charge in [0.05, 0.1) is 5.69 Å². The third kappa shape index (κ3) is 10.4. The fourth-order valence-corrected chi connectivity index (χ4v) is 9.33. The molecule has 5 nitrogen and oxygen atoms in total. The van der Waals surface area contributed by atoms with Gasteiger partial charge >= 0.3 is 0 Å². The van der Waals surface area contributed by atoms with E-state index in [4.69, 9.17) is 9.98 Å². The Labute approximate surface area is 433 Å². The van der Waals surface area contributed by atoms with Gasteiger partial charge in [-0.3, -0.25) is 5.41 Å². The first-order chi connectivity index (χ1) is 36.6. The fourth-order valence-electron chi connectivity index (χ4n) is 9.33. The molecule has 0 saturated heterocycles. The summed E-state index contributed by atoms with van der Waals surface area (Å²) in [6.45, 7) is 0. The van der Waals surface area contributed by atoms with Crippen LogP contribution in [0.3, 0.4) is 0 Å². The minimum atomic E-state index is 0.0856. The van der Waals surface area contributed by atoms with E-state index in [2.05, 4.69) is 222 Å². The molecule has 0 aromatic heterocycles. The lowest BCUT2D eigenvalue weighted by molar-refractivity contribution is 1.25. The number of benzene rings is 11. The van der Waals surface area contributed by atoms with Crippen LogP contribution in [0.1, 0.15) is 16.7 Å². The van der Waals surface area contributed by atoms with Crippen LogP contribution in [0, 0.1) is 5.41 Å². The fraction of sp³-hybridized carbons (Fsp3) is 0. The first-order valence-electron chi connectivity index (χ1n) is 24.8. The van der Waals surface area contributed by atoms with Gasteiger partial charge in [-0.1, -0.05) is 224 Å². The molecule has 0 atom stereocenters. The molecule has 352 valence electrons. The number of nitrogens with zero attached hydrogens (tertiary/aromatic N) is 4. The number of aliphatic imine (C=N–C) groups is 2. The molecule has 0 bridgehead atoms. The van der Waals surface area contributed by atoms with Crippen molar-refractivity contribution in [2.45, 2.75) is 0 Å². The molecule has 0 radical (unpaired) electrons. The Morgan fingerprint density at radius 1 is 0.311 bits per heavy atom. The number of rotatable bonds is 13. The SMILES string of the molecule is N=C(N=C(N=Cc1ccccc1)c1ccccc1)c1cc(-c2ccc(-c3ccccc3)cc2)c(N(c2ccccc2)c2ccc(N(c3ccccc3)c3ccccc3)cc2)c(-c2ccc(-c3ccccc3)cc2)c1. The molecule has 11 aromatic carbocycles. The number of nitrogens with one attached hydrogen (secondary N) is 1. The zero-order valence-corrected chi connectivity index (χ0v) is 40.7. The Morgan fingerprint density at radius 2 is 0.635 bits per heavy atom. The number of anilines is 6. The number of hydrogen-bond donors (Lipinski definition) is 1. The normalized spacial score (nSPS) is 11.3. The van der Waals surface area contributed by atoms with Gasteiger partial charge in [-0.05, 0) is 112 Å². The molecular formula is C69H51N5. The van der Waals surface area contributed by atoms with E-state index in [-0.39, 0.29) is 5.84 Å². The summed E-state index contributed by atoms with van der Waals surface area (Å²) in [5, 5.41) is 9.94. The van der Waals surface area contributed by atoms with Crippen molar-refractivity contribution in [3.05, 3.63) is 314 Å². The Kier molecular flexibility index (Phi) is 13.8. The van der Waals surface area contributed by atoms with E-state index in [1.165, 1.54) is 0 Å². The van der Waals surface area contributed by atoms with Gasteiger partial charge in [0.15, 0.2) is 11.7 Å². The molecule has 0 aliphatic carbocycles. The van der Waals surface area contributed by atoms with Gasteiger partial charge < -0.3 is 9.80 Å². The molecule has 0 aliphatic rings. The van der Waals surface area contributed by atoms with E-state index in [1.807, 2.05) is 91.1 Å². The van der Waals surface area contributed by atoms with Gasteiger partial charge in [0.25, 0.3) is 0 Å². The maximum Gasteiger partial charge on any atom is 0.161 e. The summed E-state index contributed by atoms with van der Waals surface area (Å²) in [5.41, 5.74) is 16.8. The summed E-state index contributed by atoms with van der Waals surface area (Å²) in [6, 6.07) is 103. The van der Waals surface area contributed by atoms with E-state index in [0.717, 1.165) is 89.8 Å². The highest BCUT2D eigenvalue weighted by atomic mass is 15.2. The summed E-state index contributed by atoms with van der Waals surface area (Å²) in [7, 11) is 0. The molecule has 0 unspecified atom stereocenters. The van der Waals surface area contributed by atoms with Crippen molar-refractivity contribution >= 4 is 52.0 Å². The van der Waals surface area contributed by atoms with Gasteiger partial charge in [0.2, 0.25) is 0 Å². The molecule has 11 rings (SSSR count). The Bertz CT molecular complexity index is 3520. The minimum absolute atomic E-state index is 0.0856. The Hall–Kier alpha value is -9.97. The van der Waals surface area contributed by atoms with Crippen LogP contribution in [0.15, 0.2) is 307 Å². The maximum absolute atomic E-state index is 9.94. The number of hydrogen-bond acceptors (Lipinski definition) is 3. The lowest BCUT2D eigenvalue weighted by Gasteiger charge is -2.32. The van der Waals surface area contributed by atoms with Crippen molar-refractivity contribution in [1.29, 1.82) is 5.41 Å². The van der Waals surface area contributed by atoms with Crippen LogP contribution >= 0.6 is 0 Å². The van der Waals surface area contributed by atoms with Crippen LogP contribution in [0.5, 0.6) is 0 Å². The summed E-state index contributed by atoms with van der Waals surface area (Å²) in [5.74, 6) is 0.527. The second kappa shape index (κ2) is 22.0. The molecule has 5 heteroatoms. The average molecular weight is 950 g/mol. The highest BCUT2D eigenvalue weighted by Gasteiger charge is 2.25. The zero-order chi connectivity index (χ0) is 49.9. The Morgan fingerprint density at radius 3 is 1.07 bits per heavy atom. The molecule has 0 saturated carbocycles. The topological polar surface area (TPSA) is 55.1 Å². The lowest BCUT2D eigenvalue weighted by Crippen LogP contribution is -2.14. The van der Waals surface area contributed by atoms with Gasteiger partial charge in [-0.2, -0.15) is 0 Å². The Balaban J connectivity index is 1.14.